The number of nitrogens with one attached hydrogen (secondary N) is 1. The average molecular weight is 479 g/mol. The standard InChI is InChI=1S/C27H30N2O6/c30-24(31)14-17-6-5-12-29(15-17)26(32)25-23(11-13-34-25)28-27(33)35-16-22-20-9-3-1-7-18(20)19-8-2-4-10-21(19)22/h1-4,7-10,17,22-23,25H,5-6,11-16H2,(H,28,33)(H,30,31). The molecule has 184 valence electrons. The van der Waals surface area contributed by atoms with Crippen LogP contribution < -0.4 is 5.32 Å². The van der Waals surface area contributed by atoms with Gasteiger partial charge in [-0.05, 0) is 47.4 Å². The van der Waals surface area contributed by atoms with Crippen LogP contribution in [0.25, 0.3) is 11.1 Å². The number of fused-ring (bicyclic) bond motifs is 3. The average Bonchev–Trinajstić information content (AvgIpc) is 3.44. The fourth-order valence-corrected chi connectivity index (χ4v) is 5.63. The van der Waals surface area contributed by atoms with Crippen molar-refractivity contribution in [1.29, 1.82) is 0 Å². The maximum absolute atomic E-state index is 13.1. The highest BCUT2D eigenvalue weighted by atomic mass is 16.6. The molecule has 1 aliphatic carbocycles. The summed E-state index contributed by atoms with van der Waals surface area (Å²) in [6.45, 7) is 1.56. The molecule has 2 aromatic rings. The molecule has 8 heteroatoms. The number of carboxylic acids is 1. The van der Waals surface area contributed by atoms with E-state index in [-0.39, 0.29) is 30.8 Å². The van der Waals surface area contributed by atoms with Crippen LogP contribution in [0.1, 0.15) is 42.7 Å². The summed E-state index contributed by atoms with van der Waals surface area (Å²) in [5.74, 6) is -1.14. The van der Waals surface area contributed by atoms with E-state index in [9.17, 15) is 14.4 Å². The number of alkyl carbamates (subject to hydrolysis) is 1. The van der Waals surface area contributed by atoms with Gasteiger partial charge < -0.3 is 24.8 Å². The maximum atomic E-state index is 13.1. The summed E-state index contributed by atoms with van der Waals surface area (Å²) in [5.41, 5.74) is 4.60. The molecule has 0 saturated carbocycles. The predicted octanol–water partition coefficient (Wildman–Crippen LogP) is 3.40. The third kappa shape index (κ3) is 4.89. The Morgan fingerprint density at radius 1 is 1.03 bits per heavy atom. The number of rotatable bonds is 6. The van der Waals surface area contributed by atoms with Crippen molar-refractivity contribution >= 4 is 18.0 Å². The first-order valence-corrected chi connectivity index (χ1v) is 12.2. The Labute approximate surface area is 204 Å². The third-order valence-corrected chi connectivity index (χ3v) is 7.28. The monoisotopic (exact) mass is 478 g/mol. The van der Waals surface area contributed by atoms with E-state index < -0.39 is 24.2 Å². The number of carboxylic acid groups (broad SMARTS) is 1. The SMILES string of the molecule is O=C(O)CC1CCCN(C(=O)C2OCCC2NC(=O)OCC2c3ccccc3-c3ccccc32)C1. The number of likely N-dealkylation sites (tertiary alicyclic amines) is 1. The molecule has 2 heterocycles. The first-order chi connectivity index (χ1) is 17.0. The van der Waals surface area contributed by atoms with Gasteiger partial charge in [0.1, 0.15) is 6.61 Å². The first-order valence-electron chi connectivity index (χ1n) is 12.2. The summed E-state index contributed by atoms with van der Waals surface area (Å²) in [5, 5.41) is 11.9. The van der Waals surface area contributed by atoms with E-state index in [0.717, 1.165) is 35.1 Å². The summed E-state index contributed by atoms with van der Waals surface area (Å²) in [6.07, 6.45) is 0.787. The Bertz CT molecular complexity index is 1070. The molecule has 2 N–H and O–H groups in total. The Balaban J connectivity index is 1.19. The zero-order valence-corrected chi connectivity index (χ0v) is 19.5. The molecular formula is C27H30N2O6. The van der Waals surface area contributed by atoms with E-state index in [1.807, 2.05) is 24.3 Å². The van der Waals surface area contributed by atoms with Crippen LogP contribution in [0.2, 0.25) is 0 Å². The number of nitrogens with zero attached hydrogens (tertiary/aromatic N) is 1. The minimum Gasteiger partial charge on any atom is -0.481 e. The minimum atomic E-state index is -0.851. The lowest BCUT2D eigenvalue weighted by molar-refractivity contribution is -0.146. The van der Waals surface area contributed by atoms with Crippen LogP contribution in [0.5, 0.6) is 0 Å². The molecule has 2 aromatic carbocycles. The number of hydrogen-bond donors (Lipinski definition) is 2. The fourth-order valence-electron chi connectivity index (χ4n) is 5.63. The number of ether oxygens (including phenoxy) is 2. The lowest BCUT2D eigenvalue weighted by atomic mass is 9.94. The number of carbonyl (C=O) groups excluding carboxylic acids is 2. The molecule has 0 spiro atoms. The van der Waals surface area contributed by atoms with Crippen molar-refractivity contribution in [2.75, 3.05) is 26.3 Å². The van der Waals surface area contributed by atoms with E-state index in [1.165, 1.54) is 0 Å². The second-order valence-electron chi connectivity index (χ2n) is 9.55. The van der Waals surface area contributed by atoms with Gasteiger partial charge >= 0.3 is 12.1 Å². The Kier molecular flexibility index (Phi) is 6.72. The second-order valence-corrected chi connectivity index (χ2v) is 9.55. The Morgan fingerprint density at radius 3 is 2.40 bits per heavy atom. The number of amides is 2. The van der Waals surface area contributed by atoms with E-state index in [4.69, 9.17) is 14.6 Å². The molecule has 3 unspecified atom stereocenters. The molecular weight excluding hydrogens is 448 g/mol. The van der Waals surface area contributed by atoms with Crippen LogP contribution in [0.3, 0.4) is 0 Å². The van der Waals surface area contributed by atoms with Gasteiger partial charge in [-0.1, -0.05) is 48.5 Å². The van der Waals surface area contributed by atoms with Gasteiger partial charge in [0.05, 0.1) is 6.04 Å². The molecule has 3 aliphatic rings. The van der Waals surface area contributed by atoms with Crippen LogP contribution in [0.4, 0.5) is 4.79 Å². The molecule has 8 nitrogen and oxygen atoms in total. The topological polar surface area (TPSA) is 105 Å². The van der Waals surface area contributed by atoms with E-state index >= 15 is 0 Å². The normalized spacial score (nSPS) is 23.4. The molecule has 2 saturated heterocycles. The minimum absolute atomic E-state index is 0.0371. The van der Waals surface area contributed by atoms with E-state index in [0.29, 0.717) is 26.1 Å². The van der Waals surface area contributed by atoms with Gasteiger partial charge in [0.2, 0.25) is 0 Å². The zero-order chi connectivity index (χ0) is 24.4. The largest absolute Gasteiger partial charge is 0.481 e. The highest BCUT2D eigenvalue weighted by molar-refractivity contribution is 5.83. The van der Waals surface area contributed by atoms with Crippen molar-refractivity contribution in [2.45, 2.75) is 43.7 Å². The van der Waals surface area contributed by atoms with Gasteiger partial charge in [0.25, 0.3) is 5.91 Å². The fraction of sp³-hybridized carbons (Fsp3) is 0.444. The molecule has 0 aromatic heterocycles. The summed E-state index contributed by atoms with van der Waals surface area (Å²) < 4.78 is 11.3. The van der Waals surface area contributed by atoms with Gasteiger partial charge in [-0.25, -0.2) is 4.79 Å². The molecule has 35 heavy (non-hydrogen) atoms. The lowest BCUT2D eigenvalue weighted by Gasteiger charge is -2.34. The van der Waals surface area contributed by atoms with Crippen molar-refractivity contribution in [2.24, 2.45) is 5.92 Å². The smallest absolute Gasteiger partial charge is 0.407 e. The Morgan fingerprint density at radius 2 is 1.71 bits per heavy atom. The molecule has 5 rings (SSSR count). The highest BCUT2D eigenvalue weighted by Gasteiger charge is 2.39. The number of piperidine rings is 1. The Hall–Kier alpha value is -3.39. The molecule has 2 aliphatic heterocycles. The second kappa shape index (κ2) is 10.1. The maximum Gasteiger partial charge on any atom is 0.407 e. The van der Waals surface area contributed by atoms with Crippen molar-refractivity contribution in [1.82, 2.24) is 10.2 Å². The van der Waals surface area contributed by atoms with Gasteiger partial charge in [-0.3, -0.25) is 9.59 Å². The molecule has 0 bridgehead atoms. The van der Waals surface area contributed by atoms with Gasteiger partial charge in [0.15, 0.2) is 6.10 Å². The first kappa shape index (κ1) is 23.4. The third-order valence-electron chi connectivity index (χ3n) is 7.28. The van der Waals surface area contributed by atoms with E-state index in [2.05, 4.69) is 29.6 Å². The number of benzene rings is 2. The highest BCUT2D eigenvalue weighted by Crippen LogP contribution is 2.44. The van der Waals surface area contributed by atoms with Crippen LogP contribution in [0, 0.1) is 5.92 Å². The van der Waals surface area contributed by atoms with Crippen LogP contribution in [-0.4, -0.2) is 66.4 Å². The molecule has 0 radical (unpaired) electrons. The summed E-state index contributed by atoms with van der Waals surface area (Å²) in [6, 6.07) is 15.8. The van der Waals surface area contributed by atoms with Gasteiger partial charge in [-0.2, -0.15) is 0 Å². The van der Waals surface area contributed by atoms with Gasteiger partial charge in [0, 0.05) is 32.0 Å². The number of hydrogen-bond acceptors (Lipinski definition) is 5. The number of carbonyl (C=O) groups is 3. The van der Waals surface area contributed by atoms with Crippen LogP contribution in [-0.2, 0) is 19.1 Å². The molecule has 2 fully saturated rings. The van der Waals surface area contributed by atoms with Crippen LogP contribution >= 0.6 is 0 Å². The zero-order valence-electron chi connectivity index (χ0n) is 19.5. The summed E-state index contributed by atoms with van der Waals surface area (Å²) in [4.78, 5) is 38.6. The van der Waals surface area contributed by atoms with Crippen molar-refractivity contribution in [3.05, 3.63) is 59.7 Å². The summed E-state index contributed by atoms with van der Waals surface area (Å²) >= 11 is 0. The van der Waals surface area contributed by atoms with Crippen molar-refractivity contribution < 1.29 is 29.0 Å². The van der Waals surface area contributed by atoms with Crippen molar-refractivity contribution in [3.63, 3.8) is 0 Å². The van der Waals surface area contributed by atoms with Gasteiger partial charge in [-0.15, -0.1) is 0 Å². The molecule has 3 atom stereocenters. The molecule has 2 amide bonds. The lowest BCUT2D eigenvalue weighted by Crippen LogP contribution is -2.52. The summed E-state index contributed by atoms with van der Waals surface area (Å²) in [7, 11) is 0. The van der Waals surface area contributed by atoms with Crippen molar-refractivity contribution in [3.8, 4) is 11.1 Å². The quantitative estimate of drug-likeness (QED) is 0.659. The van der Waals surface area contributed by atoms with E-state index in [1.54, 1.807) is 4.90 Å². The number of aliphatic carboxylic acids is 1. The predicted molar refractivity (Wildman–Crippen MR) is 128 cm³/mol. The van der Waals surface area contributed by atoms with Crippen LogP contribution in [0.15, 0.2) is 48.5 Å².